The summed E-state index contributed by atoms with van der Waals surface area (Å²) in [4.78, 5) is 0. The van der Waals surface area contributed by atoms with Gasteiger partial charge in [-0.15, -0.1) is 17.5 Å². The monoisotopic (exact) mass is 537 g/mol. The van der Waals surface area contributed by atoms with E-state index in [4.69, 9.17) is 27.9 Å². The van der Waals surface area contributed by atoms with Crippen LogP contribution in [-0.2, 0) is 20.2 Å². The van der Waals surface area contributed by atoms with E-state index < -0.39 is 0 Å². The molecule has 11 heteroatoms. The SMILES string of the molecule is Cl.Cn1nnnc1SCCNCc1cc(Br)ccc1OCc1ccc(Cl)cc1Cl. The Morgan fingerprint density at radius 1 is 1.17 bits per heavy atom. The molecule has 0 aliphatic heterocycles. The molecule has 29 heavy (non-hydrogen) atoms. The largest absolute Gasteiger partial charge is 0.489 e. The highest BCUT2D eigenvalue weighted by atomic mass is 79.9. The lowest BCUT2D eigenvalue weighted by atomic mass is 10.2. The van der Waals surface area contributed by atoms with Gasteiger partial charge in [0.25, 0.3) is 0 Å². The number of aromatic nitrogens is 4. The maximum atomic E-state index is 6.23. The van der Waals surface area contributed by atoms with Crippen LogP contribution in [0.5, 0.6) is 5.75 Å². The van der Waals surface area contributed by atoms with Gasteiger partial charge in [0.05, 0.1) is 0 Å². The van der Waals surface area contributed by atoms with Crippen molar-refractivity contribution in [2.45, 2.75) is 18.3 Å². The average Bonchev–Trinajstić information content (AvgIpc) is 3.07. The minimum absolute atomic E-state index is 0. The van der Waals surface area contributed by atoms with Gasteiger partial charge in [-0.2, -0.15) is 0 Å². The topological polar surface area (TPSA) is 64.9 Å². The number of thioether (sulfide) groups is 1. The Kier molecular flexibility index (Phi) is 10.0. The van der Waals surface area contributed by atoms with Crippen LogP contribution in [0.3, 0.4) is 0 Å². The molecule has 0 spiro atoms. The highest BCUT2D eigenvalue weighted by Crippen LogP contribution is 2.26. The number of tetrazole rings is 1. The van der Waals surface area contributed by atoms with Crippen LogP contribution in [0.2, 0.25) is 10.0 Å². The smallest absolute Gasteiger partial charge is 0.209 e. The summed E-state index contributed by atoms with van der Waals surface area (Å²) in [5, 5.41) is 16.8. The van der Waals surface area contributed by atoms with Crippen molar-refractivity contribution in [1.82, 2.24) is 25.5 Å². The van der Waals surface area contributed by atoms with Gasteiger partial charge < -0.3 is 10.1 Å². The van der Waals surface area contributed by atoms with E-state index in [0.717, 1.165) is 38.8 Å². The van der Waals surface area contributed by atoms with Gasteiger partial charge in [-0.25, -0.2) is 4.68 Å². The van der Waals surface area contributed by atoms with Gasteiger partial charge in [0.15, 0.2) is 0 Å². The maximum absolute atomic E-state index is 6.23. The van der Waals surface area contributed by atoms with Crippen molar-refractivity contribution < 1.29 is 4.74 Å². The summed E-state index contributed by atoms with van der Waals surface area (Å²) < 4.78 is 8.67. The summed E-state index contributed by atoms with van der Waals surface area (Å²) >= 11 is 17.3. The molecule has 0 bridgehead atoms. The van der Waals surface area contributed by atoms with Gasteiger partial charge in [0, 0.05) is 51.5 Å². The summed E-state index contributed by atoms with van der Waals surface area (Å²) in [5.41, 5.74) is 1.95. The Balaban J connectivity index is 0.00000300. The van der Waals surface area contributed by atoms with E-state index in [1.807, 2.05) is 31.3 Å². The van der Waals surface area contributed by atoms with E-state index in [9.17, 15) is 0 Å². The summed E-state index contributed by atoms with van der Waals surface area (Å²) in [5.74, 6) is 1.67. The first-order valence-electron chi connectivity index (χ1n) is 8.44. The summed E-state index contributed by atoms with van der Waals surface area (Å²) in [7, 11) is 1.83. The highest BCUT2D eigenvalue weighted by molar-refractivity contribution is 9.10. The zero-order valence-electron chi connectivity index (χ0n) is 15.4. The Morgan fingerprint density at radius 2 is 2.00 bits per heavy atom. The molecule has 1 N–H and O–H groups in total. The molecule has 1 aromatic heterocycles. The molecule has 0 aliphatic rings. The van der Waals surface area contributed by atoms with E-state index in [-0.39, 0.29) is 12.4 Å². The molecule has 0 saturated heterocycles. The zero-order valence-corrected chi connectivity index (χ0v) is 20.2. The van der Waals surface area contributed by atoms with Crippen LogP contribution in [0.25, 0.3) is 0 Å². The Morgan fingerprint density at radius 3 is 2.72 bits per heavy atom. The number of nitrogens with one attached hydrogen (secondary N) is 1. The maximum Gasteiger partial charge on any atom is 0.209 e. The molecule has 0 unspecified atom stereocenters. The Hall–Kier alpha value is -1.03. The van der Waals surface area contributed by atoms with Crippen molar-refractivity contribution in [2.24, 2.45) is 7.05 Å². The van der Waals surface area contributed by atoms with Gasteiger partial charge in [0.1, 0.15) is 12.4 Å². The van der Waals surface area contributed by atoms with Crippen LogP contribution in [0.1, 0.15) is 11.1 Å². The standard InChI is InChI=1S/C18H18BrCl2N5OS.ClH/c1-26-18(23-24-25-26)28-7-6-22-10-13-8-14(19)3-5-17(13)27-11-12-2-4-15(20)9-16(12)21;/h2-5,8-9,22H,6-7,10-11H2,1H3;1H. The molecule has 0 radical (unpaired) electrons. The van der Waals surface area contributed by atoms with Crippen molar-refractivity contribution in [1.29, 1.82) is 0 Å². The minimum atomic E-state index is 0. The van der Waals surface area contributed by atoms with E-state index in [1.54, 1.807) is 28.6 Å². The quantitative estimate of drug-likeness (QED) is 0.299. The first-order chi connectivity index (χ1) is 13.5. The van der Waals surface area contributed by atoms with Crippen molar-refractivity contribution in [3.05, 3.63) is 62.0 Å². The highest BCUT2D eigenvalue weighted by Gasteiger charge is 2.08. The third-order valence-electron chi connectivity index (χ3n) is 3.83. The molecule has 6 nitrogen and oxygen atoms in total. The number of nitrogens with zero attached hydrogens (tertiary/aromatic N) is 4. The minimum Gasteiger partial charge on any atom is -0.489 e. The molecule has 0 atom stereocenters. The van der Waals surface area contributed by atoms with Crippen LogP contribution in [0.15, 0.2) is 46.0 Å². The fourth-order valence-corrected chi connectivity index (χ4v) is 4.02. The normalized spacial score (nSPS) is 10.6. The molecule has 156 valence electrons. The van der Waals surface area contributed by atoms with Crippen molar-refractivity contribution in [2.75, 3.05) is 12.3 Å². The second kappa shape index (κ2) is 12.0. The molecule has 1 heterocycles. The molecule has 3 rings (SSSR count). The van der Waals surface area contributed by atoms with E-state index >= 15 is 0 Å². The number of benzene rings is 2. The lowest BCUT2D eigenvalue weighted by Crippen LogP contribution is -2.17. The van der Waals surface area contributed by atoms with E-state index in [2.05, 4.69) is 36.8 Å². The Bertz CT molecular complexity index is 944. The van der Waals surface area contributed by atoms with Crippen molar-refractivity contribution >= 4 is 63.3 Å². The van der Waals surface area contributed by atoms with Crippen LogP contribution in [0.4, 0.5) is 0 Å². The number of hydrogen-bond donors (Lipinski definition) is 1. The number of rotatable bonds is 9. The van der Waals surface area contributed by atoms with Crippen molar-refractivity contribution in [3.8, 4) is 5.75 Å². The zero-order chi connectivity index (χ0) is 19.9. The van der Waals surface area contributed by atoms with Crippen LogP contribution in [0, 0.1) is 0 Å². The lowest BCUT2D eigenvalue weighted by Gasteiger charge is -2.14. The second-order valence-corrected chi connectivity index (χ2v) is 8.71. The van der Waals surface area contributed by atoms with Crippen LogP contribution in [-0.4, -0.2) is 32.5 Å². The number of ether oxygens (including phenoxy) is 1. The van der Waals surface area contributed by atoms with Gasteiger partial charge in [0.2, 0.25) is 5.16 Å². The van der Waals surface area contributed by atoms with Gasteiger partial charge in [-0.3, -0.25) is 0 Å². The third kappa shape index (κ3) is 7.31. The fraction of sp³-hybridized carbons (Fsp3) is 0.278. The molecular formula is C18H19BrCl3N5OS. The van der Waals surface area contributed by atoms with Gasteiger partial charge in [-0.05, 0) is 40.8 Å². The van der Waals surface area contributed by atoms with E-state index in [0.29, 0.717) is 23.2 Å². The predicted octanol–water partition coefficient (Wildman–Crippen LogP) is 5.16. The summed E-state index contributed by atoms with van der Waals surface area (Å²) in [6.45, 7) is 1.87. The molecular weight excluding hydrogens is 521 g/mol. The molecule has 0 amide bonds. The number of hydrogen-bond acceptors (Lipinski definition) is 6. The van der Waals surface area contributed by atoms with Crippen LogP contribution >= 0.6 is 63.3 Å². The summed E-state index contributed by atoms with van der Waals surface area (Å²) in [6, 6.07) is 11.4. The molecule has 2 aromatic carbocycles. The third-order valence-corrected chi connectivity index (χ3v) is 5.92. The molecule has 0 aliphatic carbocycles. The van der Waals surface area contributed by atoms with Crippen molar-refractivity contribution in [3.63, 3.8) is 0 Å². The molecule has 3 aromatic rings. The average molecular weight is 540 g/mol. The molecule has 0 saturated carbocycles. The summed E-state index contributed by atoms with van der Waals surface area (Å²) in [6.07, 6.45) is 0. The number of halogens is 4. The first kappa shape index (κ1) is 24.2. The number of aryl methyl sites for hydroxylation is 1. The fourth-order valence-electron chi connectivity index (χ4n) is 2.40. The predicted molar refractivity (Wildman–Crippen MR) is 123 cm³/mol. The van der Waals surface area contributed by atoms with E-state index in [1.165, 1.54) is 0 Å². The second-order valence-electron chi connectivity index (χ2n) is 5.89. The lowest BCUT2D eigenvalue weighted by molar-refractivity contribution is 0.302. The molecule has 0 fully saturated rings. The first-order valence-corrected chi connectivity index (χ1v) is 11.0. The Labute approximate surface area is 198 Å². The van der Waals surface area contributed by atoms with Crippen LogP contribution < -0.4 is 10.1 Å². The van der Waals surface area contributed by atoms with Gasteiger partial charge >= 0.3 is 0 Å². The van der Waals surface area contributed by atoms with Gasteiger partial charge in [-0.1, -0.05) is 57.0 Å².